The van der Waals surface area contributed by atoms with Gasteiger partial charge >= 0.3 is 0 Å². The van der Waals surface area contributed by atoms with E-state index in [0.29, 0.717) is 24.8 Å². The molecule has 1 rings (SSSR count). The monoisotopic (exact) mass is 262 g/mol. The molecule has 17 heavy (non-hydrogen) atoms. The molecule has 1 aromatic heterocycles. The molecule has 0 radical (unpaired) electrons. The van der Waals surface area contributed by atoms with Crippen LogP contribution in [0.3, 0.4) is 0 Å². The van der Waals surface area contributed by atoms with E-state index in [2.05, 4.69) is 5.10 Å². The SMILES string of the molecule is COCCOCC(O)Cc1c(C)nn(C)c1Cl. The van der Waals surface area contributed by atoms with E-state index in [-0.39, 0.29) is 6.61 Å². The number of aromatic nitrogens is 2. The van der Waals surface area contributed by atoms with Crippen molar-refractivity contribution in [3.8, 4) is 0 Å². The van der Waals surface area contributed by atoms with Crippen LogP contribution < -0.4 is 0 Å². The first-order valence-electron chi connectivity index (χ1n) is 5.49. The highest BCUT2D eigenvalue weighted by molar-refractivity contribution is 6.30. The summed E-state index contributed by atoms with van der Waals surface area (Å²) in [5, 5.41) is 14.6. The van der Waals surface area contributed by atoms with E-state index in [9.17, 15) is 5.11 Å². The third kappa shape index (κ3) is 4.27. The Kier molecular flexibility index (Phi) is 5.91. The van der Waals surface area contributed by atoms with Crippen LogP contribution in [0.1, 0.15) is 11.3 Å². The molecule has 0 saturated carbocycles. The number of aryl methyl sites for hydroxylation is 2. The molecule has 1 heterocycles. The molecule has 0 aliphatic rings. The maximum atomic E-state index is 9.80. The maximum absolute atomic E-state index is 9.80. The predicted octanol–water partition coefficient (Wildman–Crippen LogP) is 0.948. The average Bonchev–Trinajstić information content (AvgIpc) is 2.52. The summed E-state index contributed by atoms with van der Waals surface area (Å²) in [6.45, 7) is 3.15. The molecular formula is C11H19ClN2O3. The number of methoxy groups -OCH3 is 1. The van der Waals surface area contributed by atoms with E-state index in [0.717, 1.165) is 11.3 Å². The third-order valence-corrected chi connectivity index (χ3v) is 2.92. The quantitative estimate of drug-likeness (QED) is 0.744. The van der Waals surface area contributed by atoms with Gasteiger partial charge in [-0.2, -0.15) is 5.10 Å². The van der Waals surface area contributed by atoms with Gasteiger partial charge in [0, 0.05) is 26.1 Å². The van der Waals surface area contributed by atoms with E-state index in [1.807, 2.05) is 6.92 Å². The highest BCUT2D eigenvalue weighted by Crippen LogP contribution is 2.20. The predicted molar refractivity (Wildman–Crippen MR) is 65.4 cm³/mol. The number of hydrogen-bond donors (Lipinski definition) is 1. The van der Waals surface area contributed by atoms with E-state index >= 15 is 0 Å². The number of hydrogen-bond acceptors (Lipinski definition) is 4. The Morgan fingerprint density at radius 1 is 1.47 bits per heavy atom. The second-order valence-electron chi connectivity index (χ2n) is 3.90. The fourth-order valence-corrected chi connectivity index (χ4v) is 1.81. The lowest BCUT2D eigenvalue weighted by Crippen LogP contribution is -2.20. The average molecular weight is 263 g/mol. The topological polar surface area (TPSA) is 56.5 Å². The second-order valence-corrected chi connectivity index (χ2v) is 4.26. The summed E-state index contributed by atoms with van der Waals surface area (Å²) in [5.41, 5.74) is 1.71. The van der Waals surface area contributed by atoms with Crippen LogP contribution in [0.4, 0.5) is 0 Å². The van der Waals surface area contributed by atoms with Crippen LogP contribution in [0, 0.1) is 6.92 Å². The zero-order chi connectivity index (χ0) is 12.8. The lowest BCUT2D eigenvalue weighted by atomic mass is 10.1. The molecule has 98 valence electrons. The van der Waals surface area contributed by atoms with E-state index in [1.54, 1.807) is 18.8 Å². The van der Waals surface area contributed by atoms with Crippen LogP contribution >= 0.6 is 11.6 Å². The van der Waals surface area contributed by atoms with Gasteiger partial charge in [-0.05, 0) is 6.92 Å². The molecule has 0 spiro atoms. The van der Waals surface area contributed by atoms with Crippen LogP contribution in [0.25, 0.3) is 0 Å². The molecule has 0 fully saturated rings. The first-order valence-corrected chi connectivity index (χ1v) is 5.86. The Balaban J connectivity index is 2.42. The van der Waals surface area contributed by atoms with Crippen molar-refractivity contribution in [2.24, 2.45) is 7.05 Å². The summed E-state index contributed by atoms with van der Waals surface area (Å²) in [6, 6.07) is 0. The van der Waals surface area contributed by atoms with Crippen LogP contribution in [0.15, 0.2) is 0 Å². The highest BCUT2D eigenvalue weighted by atomic mass is 35.5. The molecule has 1 N–H and O–H groups in total. The number of rotatable bonds is 7. The third-order valence-electron chi connectivity index (χ3n) is 2.45. The van der Waals surface area contributed by atoms with Crippen molar-refractivity contribution in [1.82, 2.24) is 9.78 Å². The summed E-state index contributed by atoms with van der Waals surface area (Å²) >= 11 is 6.07. The number of halogens is 1. The van der Waals surface area contributed by atoms with E-state index in [4.69, 9.17) is 21.1 Å². The van der Waals surface area contributed by atoms with Crippen molar-refractivity contribution >= 4 is 11.6 Å². The summed E-state index contributed by atoms with van der Waals surface area (Å²) in [4.78, 5) is 0. The van der Waals surface area contributed by atoms with Crippen molar-refractivity contribution in [3.05, 3.63) is 16.4 Å². The molecule has 0 aliphatic heterocycles. The van der Waals surface area contributed by atoms with Gasteiger partial charge in [0.25, 0.3) is 0 Å². The largest absolute Gasteiger partial charge is 0.390 e. The smallest absolute Gasteiger partial charge is 0.130 e. The number of nitrogens with zero attached hydrogens (tertiary/aromatic N) is 2. The molecule has 1 atom stereocenters. The lowest BCUT2D eigenvalue weighted by Gasteiger charge is -2.11. The van der Waals surface area contributed by atoms with Gasteiger partial charge in [-0.1, -0.05) is 11.6 Å². The van der Waals surface area contributed by atoms with Gasteiger partial charge in [-0.25, -0.2) is 0 Å². The van der Waals surface area contributed by atoms with Crippen LogP contribution in [-0.2, 0) is 22.9 Å². The molecular weight excluding hydrogens is 244 g/mol. The molecule has 0 bridgehead atoms. The van der Waals surface area contributed by atoms with Gasteiger partial charge in [-0.15, -0.1) is 0 Å². The summed E-state index contributed by atoms with van der Waals surface area (Å²) in [7, 11) is 3.39. The highest BCUT2D eigenvalue weighted by Gasteiger charge is 2.15. The number of aliphatic hydroxyl groups excluding tert-OH is 1. The molecule has 0 aromatic carbocycles. The van der Waals surface area contributed by atoms with Crippen LogP contribution in [0.2, 0.25) is 5.15 Å². The van der Waals surface area contributed by atoms with E-state index < -0.39 is 6.10 Å². The standard InChI is InChI=1S/C11H19ClN2O3/c1-8-10(11(12)14(2)13-8)6-9(15)7-17-5-4-16-3/h9,15H,4-7H2,1-3H3. The molecule has 1 aromatic rings. The number of ether oxygens (including phenoxy) is 2. The molecule has 0 aliphatic carbocycles. The van der Waals surface area contributed by atoms with Gasteiger partial charge in [0.2, 0.25) is 0 Å². The maximum Gasteiger partial charge on any atom is 0.130 e. The summed E-state index contributed by atoms with van der Waals surface area (Å²) in [6.07, 6.45) is -0.127. The Hall–Kier alpha value is -0.620. The van der Waals surface area contributed by atoms with Gasteiger partial charge in [0.15, 0.2) is 0 Å². The molecule has 1 unspecified atom stereocenters. The normalized spacial score (nSPS) is 13.0. The zero-order valence-electron chi connectivity index (χ0n) is 10.4. The van der Waals surface area contributed by atoms with Crippen molar-refractivity contribution in [2.75, 3.05) is 26.9 Å². The Morgan fingerprint density at radius 2 is 2.18 bits per heavy atom. The first kappa shape index (κ1) is 14.4. The molecule has 6 heteroatoms. The summed E-state index contributed by atoms with van der Waals surface area (Å²) in [5.74, 6) is 0. The molecule has 0 saturated heterocycles. The van der Waals surface area contributed by atoms with Crippen molar-refractivity contribution in [2.45, 2.75) is 19.4 Å². The van der Waals surface area contributed by atoms with Gasteiger partial charge in [-0.3, -0.25) is 4.68 Å². The Bertz CT molecular complexity index is 355. The minimum absolute atomic E-state index is 0.272. The van der Waals surface area contributed by atoms with Gasteiger partial charge in [0.1, 0.15) is 5.15 Å². The van der Waals surface area contributed by atoms with Crippen molar-refractivity contribution in [1.29, 1.82) is 0 Å². The fraction of sp³-hybridized carbons (Fsp3) is 0.727. The second kappa shape index (κ2) is 6.96. The lowest BCUT2D eigenvalue weighted by molar-refractivity contribution is 0.0136. The first-order chi connectivity index (χ1) is 8.06. The van der Waals surface area contributed by atoms with Crippen molar-refractivity contribution in [3.63, 3.8) is 0 Å². The zero-order valence-corrected chi connectivity index (χ0v) is 11.2. The fourth-order valence-electron chi connectivity index (χ4n) is 1.56. The van der Waals surface area contributed by atoms with Crippen molar-refractivity contribution < 1.29 is 14.6 Å². The Labute approximate surface area is 106 Å². The summed E-state index contributed by atoms with van der Waals surface area (Å²) < 4.78 is 11.7. The van der Waals surface area contributed by atoms with Gasteiger partial charge < -0.3 is 14.6 Å². The number of aliphatic hydroxyl groups is 1. The minimum atomic E-state index is -0.577. The van der Waals surface area contributed by atoms with Crippen LogP contribution in [-0.4, -0.2) is 47.9 Å². The van der Waals surface area contributed by atoms with Gasteiger partial charge in [0.05, 0.1) is 31.6 Å². The van der Waals surface area contributed by atoms with Crippen LogP contribution in [0.5, 0.6) is 0 Å². The molecule has 0 amide bonds. The Morgan fingerprint density at radius 3 is 2.71 bits per heavy atom. The van der Waals surface area contributed by atoms with E-state index in [1.165, 1.54) is 0 Å². The minimum Gasteiger partial charge on any atom is -0.390 e. The molecule has 5 nitrogen and oxygen atoms in total.